The van der Waals surface area contributed by atoms with Gasteiger partial charge >= 0.3 is 6.01 Å². The number of amides is 1. The summed E-state index contributed by atoms with van der Waals surface area (Å²) in [6.07, 6.45) is 0.491. The van der Waals surface area contributed by atoms with Gasteiger partial charge in [0.25, 0.3) is 0 Å². The van der Waals surface area contributed by atoms with Crippen LogP contribution in [0, 0.1) is 19.8 Å². The lowest BCUT2D eigenvalue weighted by Crippen LogP contribution is -2.13. The normalized spacial score (nSPS) is 10.6. The van der Waals surface area contributed by atoms with Crippen LogP contribution >= 0.6 is 0 Å². The van der Waals surface area contributed by atoms with E-state index in [0.717, 1.165) is 11.4 Å². The molecule has 5 nitrogen and oxygen atoms in total. The molecule has 0 atom stereocenters. The van der Waals surface area contributed by atoms with Crippen LogP contribution in [0.3, 0.4) is 0 Å². The van der Waals surface area contributed by atoms with Crippen molar-refractivity contribution in [3.63, 3.8) is 0 Å². The Hall–Kier alpha value is -2.43. The van der Waals surface area contributed by atoms with Gasteiger partial charge in [0.05, 0.1) is 0 Å². The SMILES string of the molecule is Cc1cc(C)nc(Oc2cccc(NC(=O)CC(C)C)c2)n1. The Morgan fingerprint density at radius 2 is 1.86 bits per heavy atom. The summed E-state index contributed by atoms with van der Waals surface area (Å²) in [5.41, 5.74) is 2.40. The molecule has 0 fully saturated rings. The smallest absolute Gasteiger partial charge is 0.322 e. The predicted molar refractivity (Wildman–Crippen MR) is 86.1 cm³/mol. The highest BCUT2D eigenvalue weighted by atomic mass is 16.5. The summed E-state index contributed by atoms with van der Waals surface area (Å²) in [6, 6.07) is 9.41. The van der Waals surface area contributed by atoms with E-state index in [2.05, 4.69) is 15.3 Å². The van der Waals surface area contributed by atoms with Crippen molar-refractivity contribution in [2.24, 2.45) is 5.92 Å². The summed E-state index contributed by atoms with van der Waals surface area (Å²) in [4.78, 5) is 20.3. The van der Waals surface area contributed by atoms with E-state index >= 15 is 0 Å². The van der Waals surface area contributed by atoms with Gasteiger partial charge in [0.2, 0.25) is 5.91 Å². The van der Waals surface area contributed by atoms with Crippen LogP contribution in [0.25, 0.3) is 0 Å². The van der Waals surface area contributed by atoms with Gasteiger partial charge in [-0.2, -0.15) is 0 Å². The molecule has 22 heavy (non-hydrogen) atoms. The number of rotatable bonds is 5. The number of ether oxygens (including phenoxy) is 1. The second-order valence-corrected chi connectivity index (χ2v) is 5.71. The van der Waals surface area contributed by atoms with Gasteiger partial charge in [0.15, 0.2) is 0 Å². The largest absolute Gasteiger partial charge is 0.424 e. The van der Waals surface area contributed by atoms with Crippen LogP contribution in [0.1, 0.15) is 31.7 Å². The summed E-state index contributed by atoms with van der Waals surface area (Å²) in [5.74, 6) is 0.908. The first-order valence-corrected chi connectivity index (χ1v) is 7.32. The molecule has 0 unspecified atom stereocenters. The van der Waals surface area contributed by atoms with Crippen molar-refractivity contribution in [3.8, 4) is 11.8 Å². The monoisotopic (exact) mass is 299 g/mol. The molecule has 0 aliphatic carbocycles. The first-order valence-electron chi connectivity index (χ1n) is 7.32. The molecule has 0 aliphatic rings. The number of carbonyl (C=O) groups is 1. The van der Waals surface area contributed by atoms with Gasteiger partial charge in [0.1, 0.15) is 5.75 Å². The molecule has 0 radical (unpaired) electrons. The van der Waals surface area contributed by atoms with Crippen LogP contribution in [-0.4, -0.2) is 15.9 Å². The van der Waals surface area contributed by atoms with Gasteiger partial charge < -0.3 is 10.1 Å². The number of benzene rings is 1. The number of nitrogens with zero attached hydrogens (tertiary/aromatic N) is 2. The molecular weight excluding hydrogens is 278 g/mol. The first-order chi connectivity index (χ1) is 10.4. The maximum atomic E-state index is 11.8. The van der Waals surface area contributed by atoms with Crippen LogP contribution < -0.4 is 10.1 Å². The Kier molecular flexibility index (Phi) is 5.09. The Morgan fingerprint density at radius 3 is 2.50 bits per heavy atom. The highest BCUT2D eigenvalue weighted by Gasteiger charge is 2.07. The number of aromatic nitrogens is 2. The molecule has 2 rings (SSSR count). The lowest BCUT2D eigenvalue weighted by Gasteiger charge is -2.09. The van der Waals surface area contributed by atoms with Crippen molar-refractivity contribution in [1.82, 2.24) is 9.97 Å². The number of aryl methyl sites for hydroxylation is 2. The minimum Gasteiger partial charge on any atom is -0.424 e. The average molecular weight is 299 g/mol. The molecule has 1 aromatic heterocycles. The summed E-state index contributed by atoms with van der Waals surface area (Å²) in [5, 5.41) is 2.86. The topological polar surface area (TPSA) is 64.1 Å². The molecule has 1 heterocycles. The molecule has 2 aromatic rings. The average Bonchev–Trinajstić information content (AvgIpc) is 2.36. The maximum Gasteiger partial charge on any atom is 0.322 e. The minimum atomic E-state index is -0.00481. The predicted octanol–water partition coefficient (Wildman–Crippen LogP) is 3.87. The number of anilines is 1. The number of hydrogen-bond acceptors (Lipinski definition) is 4. The fraction of sp³-hybridized carbons (Fsp3) is 0.353. The third kappa shape index (κ3) is 4.84. The van der Waals surface area contributed by atoms with E-state index in [1.54, 1.807) is 12.1 Å². The van der Waals surface area contributed by atoms with Crippen molar-refractivity contribution >= 4 is 11.6 Å². The fourth-order valence-electron chi connectivity index (χ4n) is 2.06. The lowest BCUT2D eigenvalue weighted by molar-refractivity contribution is -0.116. The zero-order valence-electron chi connectivity index (χ0n) is 13.4. The Balaban J connectivity index is 2.09. The zero-order chi connectivity index (χ0) is 16.1. The number of nitrogens with one attached hydrogen (secondary N) is 1. The molecule has 1 amide bonds. The number of carbonyl (C=O) groups excluding carboxylic acids is 1. The van der Waals surface area contributed by atoms with E-state index in [-0.39, 0.29) is 5.91 Å². The van der Waals surface area contributed by atoms with Crippen LogP contribution in [0.4, 0.5) is 5.69 Å². The summed E-state index contributed by atoms with van der Waals surface area (Å²) in [7, 11) is 0. The third-order valence-corrected chi connectivity index (χ3v) is 2.88. The molecule has 1 aromatic carbocycles. The van der Waals surface area contributed by atoms with Crippen LogP contribution in [-0.2, 0) is 4.79 Å². The lowest BCUT2D eigenvalue weighted by atomic mass is 10.1. The Labute approximate surface area is 130 Å². The van der Waals surface area contributed by atoms with Crippen LogP contribution in [0.5, 0.6) is 11.8 Å². The van der Waals surface area contributed by atoms with Gasteiger partial charge in [-0.3, -0.25) is 4.79 Å². The highest BCUT2D eigenvalue weighted by molar-refractivity contribution is 5.90. The standard InChI is InChI=1S/C17H21N3O2/c1-11(2)8-16(21)20-14-6-5-7-15(10-14)22-17-18-12(3)9-13(4)19-17/h5-7,9-11H,8H2,1-4H3,(H,20,21). The van der Waals surface area contributed by atoms with E-state index in [1.165, 1.54) is 0 Å². The van der Waals surface area contributed by atoms with Gasteiger partial charge in [-0.15, -0.1) is 0 Å². The van der Waals surface area contributed by atoms with Crippen LogP contribution in [0.15, 0.2) is 30.3 Å². The second-order valence-electron chi connectivity index (χ2n) is 5.71. The third-order valence-electron chi connectivity index (χ3n) is 2.88. The van der Waals surface area contributed by atoms with E-state index in [1.807, 2.05) is 45.9 Å². The van der Waals surface area contributed by atoms with E-state index < -0.39 is 0 Å². The molecule has 0 saturated carbocycles. The second kappa shape index (κ2) is 7.02. The summed E-state index contributed by atoms with van der Waals surface area (Å²) < 4.78 is 5.67. The maximum absolute atomic E-state index is 11.8. The van der Waals surface area contributed by atoms with E-state index in [9.17, 15) is 4.79 Å². The molecule has 0 spiro atoms. The van der Waals surface area contributed by atoms with Crippen molar-refractivity contribution in [1.29, 1.82) is 0 Å². The molecule has 0 bridgehead atoms. The Bertz CT molecular complexity index is 648. The van der Waals surface area contributed by atoms with Gasteiger partial charge in [0, 0.05) is 29.6 Å². The molecule has 0 aliphatic heterocycles. The van der Waals surface area contributed by atoms with E-state index in [0.29, 0.717) is 29.8 Å². The first kappa shape index (κ1) is 15.9. The molecule has 1 N–H and O–H groups in total. The highest BCUT2D eigenvalue weighted by Crippen LogP contribution is 2.22. The van der Waals surface area contributed by atoms with Crippen molar-refractivity contribution in [2.45, 2.75) is 34.1 Å². The quantitative estimate of drug-likeness (QED) is 0.910. The van der Waals surface area contributed by atoms with Gasteiger partial charge in [-0.25, -0.2) is 9.97 Å². The molecule has 5 heteroatoms. The summed E-state index contributed by atoms with van der Waals surface area (Å²) >= 11 is 0. The zero-order valence-corrected chi connectivity index (χ0v) is 13.4. The van der Waals surface area contributed by atoms with Crippen molar-refractivity contribution in [3.05, 3.63) is 41.7 Å². The molecule has 116 valence electrons. The van der Waals surface area contributed by atoms with Gasteiger partial charge in [-0.1, -0.05) is 19.9 Å². The number of hydrogen-bond donors (Lipinski definition) is 1. The van der Waals surface area contributed by atoms with Crippen LogP contribution in [0.2, 0.25) is 0 Å². The minimum absolute atomic E-state index is 0.00481. The van der Waals surface area contributed by atoms with Gasteiger partial charge in [-0.05, 0) is 38.0 Å². The Morgan fingerprint density at radius 1 is 1.18 bits per heavy atom. The van der Waals surface area contributed by atoms with Crippen molar-refractivity contribution < 1.29 is 9.53 Å². The van der Waals surface area contributed by atoms with Crippen molar-refractivity contribution in [2.75, 3.05) is 5.32 Å². The fourth-order valence-corrected chi connectivity index (χ4v) is 2.06. The van der Waals surface area contributed by atoms with E-state index in [4.69, 9.17) is 4.74 Å². The molecule has 0 saturated heterocycles. The summed E-state index contributed by atoms with van der Waals surface area (Å²) in [6.45, 7) is 7.81. The molecular formula is C17H21N3O2.